The maximum atomic E-state index is 13.6. The van der Waals surface area contributed by atoms with E-state index in [2.05, 4.69) is 5.32 Å². The number of halogens is 2. The van der Waals surface area contributed by atoms with Crippen molar-refractivity contribution >= 4 is 17.6 Å². The number of benzene rings is 2. The second-order valence-electron chi connectivity index (χ2n) is 6.37. The molecule has 2 aromatic carbocycles. The normalized spacial score (nSPS) is 15.7. The second kappa shape index (κ2) is 7.71. The molecular weight excluding hydrogens is 358 g/mol. The number of anilines is 1. The summed E-state index contributed by atoms with van der Waals surface area (Å²) < 4.78 is 38.5. The molecule has 0 fully saturated rings. The first-order valence-electron chi connectivity index (χ1n) is 8.32. The molecule has 0 radical (unpaired) electrons. The second-order valence-corrected chi connectivity index (χ2v) is 6.37. The predicted octanol–water partition coefficient (Wildman–Crippen LogP) is 3.82. The van der Waals surface area contributed by atoms with E-state index in [1.807, 2.05) is 19.2 Å². The van der Waals surface area contributed by atoms with Crippen LogP contribution in [0.2, 0.25) is 0 Å². The number of fused-ring (bicyclic) bond motifs is 1. The highest BCUT2D eigenvalue weighted by Crippen LogP contribution is 2.30. The highest BCUT2D eigenvalue weighted by atomic mass is 19.1. The molecule has 1 heterocycles. The zero-order chi connectivity index (χ0) is 19.6. The van der Waals surface area contributed by atoms with Crippen molar-refractivity contribution in [1.82, 2.24) is 5.32 Å². The Kier molecular flexibility index (Phi) is 5.36. The minimum atomic E-state index is -1.17. The molecule has 0 spiro atoms. The maximum Gasteiger partial charge on any atom is 0.326 e. The maximum absolute atomic E-state index is 13.6. The van der Waals surface area contributed by atoms with Gasteiger partial charge in [0.15, 0.2) is 0 Å². The summed E-state index contributed by atoms with van der Waals surface area (Å²) in [6.45, 7) is 4.27. The van der Waals surface area contributed by atoms with Gasteiger partial charge in [0.2, 0.25) is 6.29 Å². The number of carbonyl (C=O) groups is 2. The van der Waals surface area contributed by atoms with Crippen LogP contribution in [0.15, 0.2) is 36.4 Å². The fourth-order valence-corrected chi connectivity index (χ4v) is 2.59. The molecule has 1 atom stereocenters. The first-order chi connectivity index (χ1) is 12.8. The topological polar surface area (TPSA) is 76.7 Å². The summed E-state index contributed by atoms with van der Waals surface area (Å²) in [5, 5.41) is 4.34. The third-order valence-electron chi connectivity index (χ3n) is 3.93. The molecule has 0 bridgehead atoms. The summed E-state index contributed by atoms with van der Waals surface area (Å²) in [6.07, 6.45) is -0.340. The van der Waals surface area contributed by atoms with Gasteiger partial charge in [-0.05, 0) is 30.3 Å². The largest absolute Gasteiger partial charge is 0.464 e. The molecule has 0 saturated carbocycles. The van der Waals surface area contributed by atoms with Crippen LogP contribution in [0.25, 0.3) is 0 Å². The molecule has 1 aliphatic heterocycles. The van der Waals surface area contributed by atoms with E-state index in [4.69, 9.17) is 9.47 Å². The summed E-state index contributed by atoms with van der Waals surface area (Å²) in [4.78, 5) is 23.9. The summed E-state index contributed by atoms with van der Waals surface area (Å²) in [5.74, 6) is -2.44. The van der Waals surface area contributed by atoms with Crippen LogP contribution in [0.4, 0.5) is 19.3 Å². The average molecular weight is 376 g/mol. The van der Waals surface area contributed by atoms with Gasteiger partial charge in [-0.3, -0.25) is 10.1 Å². The summed E-state index contributed by atoms with van der Waals surface area (Å²) in [7, 11) is 0. The van der Waals surface area contributed by atoms with E-state index in [9.17, 15) is 18.4 Å². The number of carbonyl (C=O) groups excluding carboxylic acids is 2. The van der Waals surface area contributed by atoms with Gasteiger partial charge in [-0.25, -0.2) is 13.6 Å². The van der Waals surface area contributed by atoms with Crippen LogP contribution in [0.5, 0.6) is 5.75 Å². The molecule has 3 rings (SSSR count). The monoisotopic (exact) mass is 376 g/mol. The van der Waals surface area contributed by atoms with Crippen LogP contribution >= 0.6 is 0 Å². The molecule has 0 saturated heterocycles. The van der Waals surface area contributed by atoms with Crippen molar-refractivity contribution < 1.29 is 27.8 Å². The molecule has 1 aliphatic rings. The van der Waals surface area contributed by atoms with Gasteiger partial charge in [-0.1, -0.05) is 19.9 Å². The standard InChI is InChI=1S/C19H18F2N2O4/c1-10(2)18-26-9-11-8-12(6-7-15(11)27-18)22-19(25)23-17(24)16-13(20)4-3-5-14(16)21/h3-8,10,18H,9H2,1-2H3,(H2,22,23,24,25). The quantitative estimate of drug-likeness (QED) is 0.854. The Morgan fingerprint density at radius 2 is 1.85 bits per heavy atom. The highest BCUT2D eigenvalue weighted by Gasteiger charge is 2.24. The van der Waals surface area contributed by atoms with E-state index in [1.165, 1.54) is 0 Å². The zero-order valence-corrected chi connectivity index (χ0v) is 14.7. The Morgan fingerprint density at radius 1 is 1.15 bits per heavy atom. The number of hydrogen-bond acceptors (Lipinski definition) is 4. The Labute approximate surface area is 154 Å². The Bertz CT molecular complexity index is 866. The van der Waals surface area contributed by atoms with Crippen LogP contribution in [-0.4, -0.2) is 18.2 Å². The fraction of sp³-hybridized carbons (Fsp3) is 0.263. The van der Waals surface area contributed by atoms with Crippen LogP contribution in [0.3, 0.4) is 0 Å². The average Bonchev–Trinajstić information content (AvgIpc) is 2.60. The van der Waals surface area contributed by atoms with E-state index in [1.54, 1.807) is 18.2 Å². The molecular formula is C19H18F2N2O4. The number of ether oxygens (including phenoxy) is 2. The molecule has 0 aromatic heterocycles. The number of imide groups is 1. The lowest BCUT2D eigenvalue weighted by molar-refractivity contribution is -0.132. The van der Waals surface area contributed by atoms with E-state index in [0.29, 0.717) is 18.0 Å². The molecule has 27 heavy (non-hydrogen) atoms. The lowest BCUT2D eigenvalue weighted by atomic mass is 10.1. The van der Waals surface area contributed by atoms with Crippen LogP contribution in [0, 0.1) is 17.6 Å². The van der Waals surface area contributed by atoms with Crippen molar-refractivity contribution in [2.24, 2.45) is 5.92 Å². The van der Waals surface area contributed by atoms with Crippen LogP contribution in [-0.2, 0) is 11.3 Å². The first kappa shape index (κ1) is 18.8. The van der Waals surface area contributed by atoms with Gasteiger partial charge < -0.3 is 14.8 Å². The molecule has 6 nitrogen and oxygen atoms in total. The van der Waals surface area contributed by atoms with E-state index < -0.39 is 29.1 Å². The van der Waals surface area contributed by atoms with Crippen molar-refractivity contribution in [1.29, 1.82) is 0 Å². The lowest BCUT2D eigenvalue weighted by Gasteiger charge is -2.29. The van der Waals surface area contributed by atoms with E-state index in [-0.39, 0.29) is 12.2 Å². The van der Waals surface area contributed by atoms with Crippen LogP contribution < -0.4 is 15.4 Å². The van der Waals surface area contributed by atoms with Crippen LogP contribution in [0.1, 0.15) is 29.8 Å². The van der Waals surface area contributed by atoms with Gasteiger partial charge in [0, 0.05) is 17.2 Å². The minimum Gasteiger partial charge on any atom is -0.464 e. The fourth-order valence-electron chi connectivity index (χ4n) is 2.59. The highest BCUT2D eigenvalue weighted by molar-refractivity contribution is 6.08. The smallest absolute Gasteiger partial charge is 0.326 e. The minimum absolute atomic E-state index is 0.187. The van der Waals surface area contributed by atoms with Gasteiger partial charge in [-0.2, -0.15) is 0 Å². The predicted molar refractivity (Wildman–Crippen MR) is 93.3 cm³/mol. The molecule has 2 aromatic rings. The SMILES string of the molecule is CC(C)C1OCc2cc(NC(=O)NC(=O)c3c(F)cccc3F)ccc2O1. The van der Waals surface area contributed by atoms with E-state index in [0.717, 1.165) is 23.8 Å². The van der Waals surface area contributed by atoms with Gasteiger partial charge in [0.05, 0.1) is 6.61 Å². The first-order valence-corrected chi connectivity index (χ1v) is 8.32. The third-order valence-corrected chi connectivity index (χ3v) is 3.93. The molecule has 142 valence electrons. The summed E-state index contributed by atoms with van der Waals surface area (Å²) >= 11 is 0. The molecule has 3 amide bonds. The van der Waals surface area contributed by atoms with Crippen molar-refractivity contribution in [2.45, 2.75) is 26.7 Å². The van der Waals surface area contributed by atoms with E-state index >= 15 is 0 Å². The Hall–Kier alpha value is -3.00. The number of urea groups is 1. The molecule has 2 N–H and O–H groups in total. The number of amides is 3. The number of hydrogen-bond donors (Lipinski definition) is 2. The van der Waals surface area contributed by atoms with Gasteiger partial charge in [0.25, 0.3) is 5.91 Å². The van der Waals surface area contributed by atoms with Crippen molar-refractivity contribution in [3.05, 3.63) is 59.2 Å². The van der Waals surface area contributed by atoms with Gasteiger partial charge in [-0.15, -0.1) is 0 Å². The number of rotatable bonds is 3. The Balaban J connectivity index is 1.66. The summed E-state index contributed by atoms with van der Waals surface area (Å²) in [5.41, 5.74) is 0.291. The molecule has 1 unspecified atom stereocenters. The molecule has 8 heteroatoms. The van der Waals surface area contributed by atoms with Crippen molar-refractivity contribution in [2.75, 3.05) is 5.32 Å². The zero-order valence-electron chi connectivity index (χ0n) is 14.7. The summed E-state index contributed by atoms with van der Waals surface area (Å²) in [6, 6.07) is 6.99. The van der Waals surface area contributed by atoms with Crippen molar-refractivity contribution in [3.8, 4) is 5.75 Å². The Morgan fingerprint density at radius 3 is 2.52 bits per heavy atom. The lowest BCUT2D eigenvalue weighted by Crippen LogP contribution is -2.35. The van der Waals surface area contributed by atoms with Crippen molar-refractivity contribution in [3.63, 3.8) is 0 Å². The molecule has 0 aliphatic carbocycles. The third kappa shape index (κ3) is 4.22. The van der Waals surface area contributed by atoms with Gasteiger partial charge in [0.1, 0.15) is 22.9 Å². The number of nitrogens with one attached hydrogen (secondary N) is 2. The van der Waals surface area contributed by atoms with Gasteiger partial charge >= 0.3 is 6.03 Å².